The molecule has 6 heteroatoms. The predicted molar refractivity (Wildman–Crippen MR) is 79.3 cm³/mol. The first-order chi connectivity index (χ1) is 8.95. The third kappa shape index (κ3) is 3.23. The van der Waals surface area contributed by atoms with Crippen LogP contribution in [0, 0.1) is 6.92 Å². The minimum atomic E-state index is -0.575. The second kappa shape index (κ2) is 5.27. The van der Waals surface area contributed by atoms with Gasteiger partial charge in [-0.2, -0.15) is 0 Å². The van der Waals surface area contributed by atoms with E-state index < -0.39 is 5.91 Å². The molecule has 1 aromatic heterocycles. The number of nitrogens with zero attached hydrogens (tertiary/aromatic N) is 1. The van der Waals surface area contributed by atoms with E-state index >= 15 is 0 Å². The first kappa shape index (κ1) is 13.4. The van der Waals surface area contributed by atoms with Gasteiger partial charge < -0.3 is 16.8 Å². The fraction of sp³-hybridized carbons (Fsp3) is 0.0769. The lowest BCUT2D eigenvalue weighted by atomic mass is 10.2. The first-order valence-corrected chi connectivity index (χ1v) is 6.34. The molecule has 0 fully saturated rings. The van der Waals surface area contributed by atoms with Gasteiger partial charge in [0, 0.05) is 10.2 Å². The zero-order chi connectivity index (χ0) is 14.0. The van der Waals surface area contributed by atoms with Gasteiger partial charge in [0.15, 0.2) is 0 Å². The maximum atomic E-state index is 11.4. The summed E-state index contributed by atoms with van der Waals surface area (Å²) in [6.45, 7) is 1.97. The molecular weight excluding hydrogens is 308 g/mol. The van der Waals surface area contributed by atoms with Crippen molar-refractivity contribution < 1.29 is 4.79 Å². The first-order valence-electron chi connectivity index (χ1n) is 5.55. The maximum absolute atomic E-state index is 11.4. The van der Waals surface area contributed by atoms with Crippen LogP contribution in [0.15, 0.2) is 34.9 Å². The van der Waals surface area contributed by atoms with Crippen molar-refractivity contribution in [1.29, 1.82) is 0 Å². The molecule has 5 nitrogen and oxygen atoms in total. The number of nitrogen functional groups attached to an aromatic ring is 1. The average molecular weight is 321 g/mol. The number of nitrogens with one attached hydrogen (secondary N) is 1. The summed E-state index contributed by atoms with van der Waals surface area (Å²) in [6.07, 6.45) is 1.47. The lowest BCUT2D eigenvalue weighted by Crippen LogP contribution is -2.14. The van der Waals surface area contributed by atoms with Gasteiger partial charge in [0.05, 0.1) is 17.4 Å². The molecule has 1 aromatic carbocycles. The van der Waals surface area contributed by atoms with Gasteiger partial charge in [-0.1, -0.05) is 15.9 Å². The zero-order valence-corrected chi connectivity index (χ0v) is 11.9. The number of anilines is 3. The number of benzene rings is 1. The molecule has 0 radical (unpaired) electrons. The number of hydrogen-bond donors (Lipinski definition) is 3. The van der Waals surface area contributed by atoms with Crippen LogP contribution < -0.4 is 16.8 Å². The molecule has 0 aliphatic carbocycles. The molecule has 2 aromatic rings. The van der Waals surface area contributed by atoms with Gasteiger partial charge >= 0.3 is 0 Å². The predicted octanol–water partition coefficient (Wildman–Crippen LogP) is 2.58. The molecule has 0 saturated heterocycles. The average Bonchev–Trinajstić information content (AvgIpc) is 2.30. The summed E-state index contributed by atoms with van der Waals surface area (Å²) >= 11 is 3.41. The Bertz CT molecular complexity index is 622. The van der Waals surface area contributed by atoms with E-state index in [-0.39, 0.29) is 5.56 Å². The van der Waals surface area contributed by atoms with E-state index in [1.165, 1.54) is 12.3 Å². The third-order valence-electron chi connectivity index (χ3n) is 2.48. The van der Waals surface area contributed by atoms with Crippen molar-refractivity contribution in [1.82, 2.24) is 4.98 Å². The lowest BCUT2D eigenvalue weighted by Gasteiger charge is -2.10. The number of hydrogen-bond acceptors (Lipinski definition) is 4. The maximum Gasteiger partial charge on any atom is 0.252 e. The van der Waals surface area contributed by atoms with Gasteiger partial charge in [-0.3, -0.25) is 4.79 Å². The topological polar surface area (TPSA) is 94.0 Å². The fourth-order valence-electron chi connectivity index (χ4n) is 1.71. The van der Waals surface area contributed by atoms with Gasteiger partial charge in [-0.15, -0.1) is 0 Å². The summed E-state index contributed by atoms with van der Waals surface area (Å²) < 4.78 is 0.936. The summed E-state index contributed by atoms with van der Waals surface area (Å²) in [5.74, 6) is -0.187. The molecule has 98 valence electrons. The number of carbonyl (C=O) groups is 1. The number of halogens is 1. The molecule has 0 aliphatic rings. The second-order valence-corrected chi connectivity index (χ2v) is 5.09. The molecule has 0 atom stereocenters. The van der Waals surface area contributed by atoms with Gasteiger partial charge in [0.1, 0.15) is 5.82 Å². The van der Waals surface area contributed by atoms with Crippen LogP contribution in [0.2, 0.25) is 0 Å². The Morgan fingerprint density at radius 2 is 2.05 bits per heavy atom. The van der Waals surface area contributed by atoms with Gasteiger partial charge in [0.2, 0.25) is 0 Å². The Kier molecular flexibility index (Phi) is 3.71. The van der Waals surface area contributed by atoms with Crippen molar-refractivity contribution in [2.75, 3.05) is 11.1 Å². The molecule has 0 bridgehead atoms. The zero-order valence-electron chi connectivity index (χ0n) is 10.3. The highest BCUT2D eigenvalue weighted by Gasteiger charge is 2.10. The highest BCUT2D eigenvalue weighted by atomic mass is 79.9. The van der Waals surface area contributed by atoms with E-state index in [9.17, 15) is 4.79 Å². The van der Waals surface area contributed by atoms with E-state index in [1.54, 1.807) is 0 Å². The highest BCUT2D eigenvalue weighted by molar-refractivity contribution is 9.10. The van der Waals surface area contributed by atoms with Gasteiger partial charge in [0.25, 0.3) is 5.91 Å². The Morgan fingerprint density at radius 1 is 1.32 bits per heavy atom. The summed E-state index contributed by atoms with van der Waals surface area (Å²) in [7, 11) is 0. The minimum Gasteiger partial charge on any atom is -0.397 e. The van der Waals surface area contributed by atoms with Gasteiger partial charge in [-0.25, -0.2) is 4.98 Å². The molecule has 1 amide bonds. The van der Waals surface area contributed by atoms with Gasteiger partial charge in [-0.05, 0) is 36.8 Å². The number of aromatic nitrogens is 1. The monoisotopic (exact) mass is 320 g/mol. The standard InChI is InChI=1S/C13H13BrN4O/c1-7-2-8(14)4-10(3-7)18-13-11(12(16)19)5-9(15)6-17-13/h2-6H,15H2,1H3,(H2,16,19)(H,17,18). The van der Waals surface area contributed by atoms with Crippen LogP contribution in [-0.2, 0) is 0 Å². The highest BCUT2D eigenvalue weighted by Crippen LogP contribution is 2.24. The molecule has 5 N–H and O–H groups in total. The van der Waals surface area contributed by atoms with E-state index in [4.69, 9.17) is 11.5 Å². The number of primary amides is 1. The number of carbonyl (C=O) groups excluding carboxylic acids is 1. The Hall–Kier alpha value is -2.08. The molecule has 0 unspecified atom stereocenters. The quantitative estimate of drug-likeness (QED) is 0.810. The van der Waals surface area contributed by atoms with Crippen LogP contribution in [0.1, 0.15) is 15.9 Å². The van der Waals surface area contributed by atoms with Crippen molar-refractivity contribution in [2.24, 2.45) is 5.73 Å². The summed E-state index contributed by atoms with van der Waals surface area (Å²) in [5, 5.41) is 3.07. The SMILES string of the molecule is Cc1cc(Br)cc(Nc2ncc(N)cc2C(N)=O)c1. The van der Waals surface area contributed by atoms with Crippen LogP contribution >= 0.6 is 15.9 Å². The number of rotatable bonds is 3. The summed E-state index contributed by atoms with van der Waals surface area (Å²) in [4.78, 5) is 15.5. The second-order valence-electron chi connectivity index (χ2n) is 4.17. The Morgan fingerprint density at radius 3 is 2.68 bits per heavy atom. The third-order valence-corrected chi connectivity index (χ3v) is 2.94. The number of nitrogens with two attached hydrogens (primary N) is 2. The van der Waals surface area contributed by atoms with Crippen LogP contribution in [0.4, 0.5) is 17.2 Å². The number of pyridine rings is 1. The largest absolute Gasteiger partial charge is 0.397 e. The molecule has 19 heavy (non-hydrogen) atoms. The number of amides is 1. The molecular formula is C13H13BrN4O. The lowest BCUT2D eigenvalue weighted by molar-refractivity contribution is 0.100. The van der Waals surface area contributed by atoms with E-state index in [0.29, 0.717) is 11.5 Å². The smallest absolute Gasteiger partial charge is 0.252 e. The Balaban J connectivity index is 2.40. The van der Waals surface area contributed by atoms with Crippen molar-refractivity contribution in [2.45, 2.75) is 6.92 Å². The molecule has 0 aliphatic heterocycles. The Labute approximate surface area is 119 Å². The number of aryl methyl sites for hydroxylation is 1. The van der Waals surface area contributed by atoms with Crippen molar-refractivity contribution in [3.8, 4) is 0 Å². The van der Waals surface area contributed by atoms with Crippen molar-refractivity contribution in [3.05, 3.63) is 46.1 Å². The normalized spacial score (nSPS) is 10.2. The van der Waals surface area contributed by atoms with Crippen molar-refractivity contribution in [3.63, 3.8) is 0 Å². The van der Waals surface area contributed by atoms with Crippen LogP contribution in [0.5, 0.6) is 0 Å². The molecule has 0 saturated carbocycles. The van der Waals surface area contributed by atoms with E-state index in [1.807, 2.05) is 25.1 Å². The summed E-state index contributed by atoms with van der Waals surface area (Å²) in [6, 6.07) is 7.31. The van der Waals surface area contributed by atoms with Crippen LogP contribution in [0.25, 0.3) is 0 Å². The minimum absolute atomic E-state index is 0.262. The van der Waals surface area contributed by atoms with E-state index in [2.05, 4.69) is 26.2 Å². The van der Waals surface area contributed by atoms with Crippen LogP contribution in [-0.4, -0.2) is 10.9 Å². The summed E-state index contributed by atoms with van der Waals surface area (Å²) in [5.41, 5.74) is 13.5. The van der Waals surface area contributed by atoms with Crippen LogP contribution in [0.3, 0.4) is 0 Å². The molecule has 0 spiro atoms. The fourth-order valence-corrected chi connectivity index (χ4v) is 2.32. The van der Waals surface area contributed by atoms with E-state index in [0.717, 1.165) is 15.7 Å². The molecule has 2 rings (SSSR count). The van der Waals surface area contributed by atoms with Crippen molar-refractivity contribution >= 4 is 39.0 Å². The molecule has 1 heterocycles.